The molecule has 3 heterocycles. The number of aliphatic hydroxyl groups excluding tert-OH is 1. The molecule has 1 saturated carbocycles. The van der Waals surface area contributed by atoms with Crippen LogP contribution in [0.25, 0.3) is 22.0 Å². The lowest BCUT2D eigenvalue weighted by Gasteiger charge is -2.39. The van der Waals surface area contributed by atoms with Gasteiger partial charge in [0.25, 0.3) is 0 Å². The van der Waals surface area contributed by atoms with Gasteiger partial charge < -0.3 is 39.7 Å². The molecule has 12 nitrogen and oxygen atoms in total. The van der Waals surface area contributed by atoms with E-state index in [1.165, 1.54) is 12.1 Å². The van der Waals surface area contributed by atoms with Crippen molar-refractivity contribution in [1.29, 1.82) is 0 Å². The lowest BCUT2D eigenvalue weighted by Crippen LogP contribution is -2.39. The van der Waals surface area contributed by atoms with Gasteiger partial charge in [-0.1, -0.05) is 42.5 Å². The number of phenolic OH excluding ortho intramolecular Hbond substituents is 1. The van der Waals surface area contributed by atoms with E-state index in [9.17, 15) is 29.7 Å². The molecule has 8 rings (SSSR count). The Labute approximate surface area is 323 Å². The number of hydrogen-bond donors (Lipinski definition) is 5. The number of para-hydroxylation sites is 1. The van der Waals surface area contributed by atoms with Crippen molar-refractivity contribution in [2.24, 2.45) is 0 Å². The van der Waals surface area contributed by atoms with E-state index in [1.807, 2.05) is 54.6 Å². The van der Waals surface area contributed by atoms with Crippen LogP contribution in [0.15, 0.2) is 98.9 Å². The average molecular weight is 759 g/mol. The summed E-state index contributed by atoms with van der Waals surface area (Å²) in [4.78, 5) is 42.6. The molecule has 1 unspecified atom stereocenters. The molecule has 0 saturated heterocycles. The van der Waals surface area contributed by atoms with Gasteiger partial charge in [-0.2, -0.15) is 0 Å². The molecule has 5 N–H and O–H groups in total. The normalized spacial score (nSPS) is 19.8. The zero-order valence-corrected chi connectivity index (χ0v) is 31.5. The van der Waals surface area contributed by atoms with Crippen LogP contribution in [0, 0.1) is 0 Å². The summed E-state index contributed by atoms with van der Waals surface area (Å²) in [6, 6.07) is 25.4. The summed E-state index contributed by atoms with van der Waals surface area (Å²) in [6.07, 6.45) is 3.74. The molecule has 56 heavy (non-hydrogen) atoms. The monoisotopic (exact) mass is 758 g/mol. The van der Waals surface area contributed by atoms with Gasteiger partial charge in [-0.25, -0.2) is 4.79 Å². The fourth-order valence-electron chi connectivity index (χ4n) is 8.89. The number of rotatable bonds is 12. The zero-order chi connectivity index (χ0) is 39.1. The number of aromatic amines is 1. The number of H-pyrrole nitrogens is 1. The Kier molecular flexibility index (Phi) is 10.0. The van der Waals surface area contributed by atoms with Gasteiger partial charge in [0.1, 0.15) is 22.7 Å². The lowest BCUT2D eigenvalue weighted by molar-refractivity contribution is -0.141. The van der Waals surface area contributed by atoms with Gasteiger partial charge in [-0.05, 0) is 112 Å². The third-order valence-electron chi connectivity index (χ3n) is 11.9. The summed E-state index contributed by atoms with van der Waals surface area (Å²) in [6.45, 7) is 3.78. The highest BCUT2D eigenvalue weighted by molar-refractivity contribution is 5.90. The molecule has 2 atom stereocenters. The quantitative estimate of drug-likeness (QED) is 0.0928. The Morgan fingerprint density at radius 3 is 2.59 bits per heavy atom. The first-order valence-electron chi connectivity index (χ1n) is 19.2. The Morgan fingerprint density at radius 1 is 1.00 bits per heavy atom. The predicted octanol–water partition coefficient (Wildman–Crippen LogP) is 6.51. The SMILES string of the molecule is CN(CCCn1c(=O)oc2cc(CNC[C@H](O)c3ccc(O)c4[nH]c(=O)ccc34)ccc21)C1CCC(c2cccc3c2C(C)(C(=O)O)c2ccccc2O3)CC1. The number of aromatic nitrogens is 2. The second kappa shape index (κ2) is 15.1. The third-order valence-corrected chi connectivity index (χ3v) is 11.9. The summed E-state index contributed by atoms with van der Waals surface area (Å²) in [5, 5.41) is 35.4. The van der Waals surface area contributed by atoms with Crippen molar-refractivity contribution in [2.75, 3.05) is 20.1 Å². The number of aromatic hydroxyl groups is 1. The third kappa shape index (κ3) is 6.78. The van der Waals surface area contributed by atoms with Gasteiger partial charge in [0, 0.05) is 48.3 Å². The van der Waals surface area contributed by atoms with Crippen molar-refractivity contribution in [3.05, 3.63) is 134 Å². The number of ether oxygens (including phenoxy) is 1. The molecular weight excluding hydrogens is 713 g/mol. The molecule has 2 aliphatic rings. The van der Waals surface area contributed by atoms with Gasteiger partial charge >= 0.3 is 11.7 Å². The van der Waals surface area contributed by atoms with E-state index in [1.54, 1.807) is 23.6 Å². The number of aliphatic hydroxyl groups is 1. The predicted molar refractivity (Wildman–Crippen MR) is 213 cm³/mol. The number of aryl methyl sites for hydroxylation is 1. The van der Waals surface area contributed by atoms with Crippen LogP contribution in [-0.4, -0.2) is 61.9 Å². The van der Waals surface area contributed by atoms with Crippen LogP contribution in [0.4, 0.5) is 0 Å². The number of oxazole rings is 1. The summed E-state index contributed by atoms with van der Waals surface area (Å²) >= 11 is 0. The minimum absolute atomic E-state index is 0.0623. The number of benzene rings is 4. The number of aliphatic carboxylic acids is 1. The second-order valence-electron chi connectivity index (χ2n) is 15.3. The summed E-state index contributed by atoms with van der Waals surface area (Å²) in [5.41, 5.74) is 3.96. The van der Waals surface area contributed by atoms with Gasteiger partial charge in [0.05, 0.1) is 17.1 Å². The maximum absolute atomic E-state index is 12.9. The van der Waals surface area contributed by atoms with Gasteiger partial charge in [0.2, 0.25) is 5.56 Å². The zero-order valence-electron chi connectivity index (χ0n) is 31.5. The van der Waals surface area contributed by atoms with Crippen LogP contribution in [0.3, 0.4) is 0 Å². The highest BCUT2D eigenvalue weighted by Crippen LogP contribution is 2.52. The molecule has 0 spiro atoms. The van der Waals surface area contributed by atoms with Crippen LogP contribution in [0.2, 0.25) is 0 Å². The van der Waals surface area contributed by atoms with Crippen LogP contribution in [0.1, 0.15) is 78.9 Å². The summed E-state index contributed by atoms with van der Waals surface area (Å²) in [7, 11) is 2.14. The van der Waals surface area contributed by atoms with Crippen molar-refractivity contribution >= 4 is 28.0 Å². The van der Waals surface area contributed by atoms with Crippen LogP contribution in [-0.2, 0) is 23.3 Å². The van der Waals surface area contributed by atoms with E-state index < -0.39 is 23.2 Å². The maximum Gasteiger partial charge on any atom is 0.419 e. The number of nitrogens with zero attached hydrogens (tertiary/aromatic N) is 2. The highest BCUT2D eigenvalue weighted by atomic mass is 16.5. The number of carboxylic acids is 1. The standard InChI is InChI=1S/C44H46N4O8/c1-44(42(52)53)32-8-3-4-9-36(32)55-37-10-5-7-29(40(37)44)27-12-14-28(15-13-27)47(2)21-6-22-48-33-18-11-26(23-38(33)56-43(48)54)24-45-25-35(50)30-16-19-34(49)41-31(30)17-20-39(51)46-41/h3-5,7-11,16-20,23,27-28,35,45,49-50H,6,12-15,21-22,24-25H2,1-2H3,(H,46,51)(H,52,53)/t27?,28?,35-,44?/m0/s1. The fourth-order valence-corrected chi connectivity index (χ4v) is 8.89. The van der Waals surface area contributed by atoms with Crippen molar-refractivity contribution in [2.45, 2.75) is 75.6 Å². The first kappa shape index (κ1) is 37.2. The molecule has 1 aliphatic heterocycles. The first-order valence-corrected chi connectivity index (χ1v) is 19.2. The van der Waals surface area contributed by atoms with Crippen molar-refractivity contribution < 1.29 is 29.3 Å². The van der Waals surface area contributed by atoms with E-state index in [0.29, 0.717) is 52.7 Å². The highest BCUT2D eigenvalue weighted by Gasteiger charge is 2.47. The van der Waals surface area contributed by atoms with Crippen LogP contribution in [0.5, 0.6) is 17.2 Å². The molecule has 1 fully saturated rings. The van der Waals surface area contributed by atoms with Crippen molar-refractivity contribution in [3.8, 4) is 17.2 Å². The molecule has 4 aromatic carbocycles. The smallest absolute Gasteiger partial charge is 0.419 e. The molecule has 1 aliphatic carbocycles. The first-order chi connectivity index (χ1) is 27.0. The van der Waals surface area contributed by atoms with Gasteiger partial charge in [0.15, 0.2) is 5.58 Å². The molecule has 0 radical (unpaired) electrons. The van der Waals surface area contributed by atoms with Gasteiger partial charge in [-0.15, -0.1) is 0 Å². The van der Waals surface area contributed by atoms with Crippen LogP contribution < -0.4 is 21.4 Å². The topological polar surface area (TPSA) is 170 Å². The Hall–Kier alpha value is -5.69. The second-order valence-corrected chi connectivity index (χ2v) is 15.3. The Balaban J connectivity index is 0.853. The Bertz CT molecular complexity index is 2550. The van der Waals surface area contributed by atoms with Crippen molar-refractivity contribution in [3.63, 3.8) is 0 Å². The molecule has 0 amide bonds. The number of pyridine rings is 1. The summed E-state index contributed by atoms with van der Waals surface area (Å²) < 4.78 is 13.6. The number of hydrogen-bond acceptors (Lipinski definition) is 9. The molecular formula is C44H46N4O8. The molecule has 2 aromatic heterocycles. The van der Waals surface area contributed by atoms with Crippen LogP contribution >= 0.6 is 0 Å². The lowest BCUT2D eigenvalue weighted by atomic mass is 9.68. The number of fused-ring (bicyclic) bond motifs is 4. The largest absolute Gasteiger partial charge is 0.506 e. The van der Waals surface area contributed by atoms with E-state index in [4.69, 9.17) is 9.15 Å². The summed E-state index contributed by atoms with van der Waals surface area (Å²) in [5.74, 6) is 0.104. The minimum atomic E-state index is -1.21. The fraction of sp³-hybridized carbons (Fsp3) is 0.341. The maximum atomic E-state index is 12.9. The number of phenols is 1. The molecule has 6 aromatic rings. The minimum Gasteiger partial charge on any atom is -0.506 e. The molecule has 290 valence electrons. The molecule has 12 heteroatoms. The van der Waals surface area contributed by atoms with E-state index in [2.05, 4.69) is 28.3 Å². The van der Waals surface area contributed by atoms with Crippen molar-refractivity contribution in [1.82, 2.24) is 19.8 Å². The van der Waals surface area contributed by atoms with Gasteiger partial charge in [-0.3, -0.25) is 14.2 Å². The number of nitrogens with one attached hydrogen (secondary N) is 2. The average Bonchev–Trinajstić information content (AvgIpc) is 3.51. The molecule has 0 bridgehead atoms. The van der Waals surface area contributed by atoms with E-state index in [0.717, 1.165) is 60.9 Å². The number of carbonyl (C=O) groups is 1. The van der Waals surface area contributed by atoms with E-state index in [-0.39, 0.29) is 29.3 Å². The van der Waals surface area contributed by atoms with E-state index >= 15 is 0 Å². The number of carboxylic acid groups (broad SMARTS) is 1. The Morgan fingerprint density at radius 2 is 1.79 bits per heavy atom.